The third-order valence-corrected chi connectivity index (χ3v) is 2.53. The molecular weight excluding hydrogens is 206 g/mol. The van der Waals surface area contributed by atoms with E-state index in [-0.39, 0.29) is 0 Å². The minimum Gasteiger partial charge on any atom is -0.365 e. The molecule has 1 heterocycles. The van der Waals surface area contributed by atoms with Crippen LogP contribution in [0.15, 0.2) is 18.2 Å². The molecule has 5 nitrogen and oxygen atoms in total. The zero-order chi connectivity index (χ0) is 11.7. The molecule has 1 aromatic carbocycles. The molecular formula is C11H13N3O2. The van der Waals surface area contributed by atoms with Crippen molar-refractivity contribution in [1.29, 1.82) is 0 Å². The minimum absolute atomic E-state index is 0.831. The zero-order valence-electron chi connectivity index (χ0n) is 9.12. The van der Waals surface area contributed by atoms with Crippen molar-refractivity contribution in [3.63, 3.8) is 0 Å². The van der Waals surface area contributed by atoms with E-state index in [1.807, 2.05) is 26.1 Å². The SMILES string of the molecule is Cc1c(/C=C/C(O)O)ccc2c1nnn2C. The van der Waals surface area contributed by atoms with Crippen LogP contribution in [0.4, 0.5) is 0 Å². The van der Waals surface area contributed by atoms with Gasteiger partial charge >= 0.3 is 0 Å². The lowest BCUT2D eigenvalue weighted by molar-refractivity contribution is 0.00304. The second-order valence-corrected chi connectivity index (χ2v) is 3.63. The van der Waals surface area contributed by atoms with Crippen LogP contribution in [0, 0.1) is 6.92 Å². The van der Waals surface area contributed by atoms with Crippen molar-refractivity contribution in [3.05, 3.63) is 29.3 Å². The highest BCUT2D eigenvalue weighted by molar-refractivity contribution is 5.82. The standard InChI is InChI=1S/C11H13N3O2/c1-7-8(4-6-10(15)16)3-5-9-11(7)12-13-14(9)2/h3-6,10,15-16H,1-2H3/b6-4+. The molecule has 0 bridgehead atoms. The summed E-state index contributed by atoms with van der Waals surface area (Å²) in [6.45, 7) is 1.93. The Morgan fingerprint density at radius 1 is 1.38 bits per heavy atom. The van der Waals surface area contributed by atoms with Crippen LogP contribution in [0.2, 0.25) is 0 Å². The van der Waals surface area contributed by atoms with E-state index >= 15 is 0 Å². The van der Waals surface area contributed by atoms with E-state index < -0.39 is 6.29 Å². The van der Waals surface area contributed by atoms with Gasteiger partial charge in [-0.05, 0) is 30.2 Å². The highest BCUT2D eigenvalue weighted by Gasteiger charge is 2.06. The molecule has 0 radical (unpaired) electrons. The summed E-state index contributed by atoms with van der Waals surface area (Å²) < 4.78 is 1.71. The maximum Gasteiger partial charge on any atom is 0.171 e. The first-order chi connectivity index (χ1) is 7.59. The van der Waals surface area contributed by atoms with Crippen LogP contribution in [-0.2, 0) is 7.05 Å². The highest BCUT2D eigenvalue weighted by atomic mass is 16.5. The number of hydrogen-bond acceptors (Lipinski definition) is 4. The van der Waals surface area contributed by atoms with Gasteiger partial charge in [-0.3, -0.25) is 0 Å². The largest absolute Gasteiger partial charge is 0.365 e. The van der Waals surface area contributed by atoms with Crippen LogP contribution in [0.25, 0.3) is 17.1 Å². The summed E-state index contributed by atoms with van der Waals surface area (Å²) in [6, 6.07) is 3.81. The molecule has 2 aromatic rings. The maximum atomic E-state index is 8.76. The van der Waals surface area contributed by atoms with Gasteiger partial charge in [-0.15, -0.1) is 5.10 Å². The van der Waals surface area contributed by atoms with Gasteiger partial charge in [0, 0.05) is 7.05 Å². The number of aliphatic hydroxyl groups excluding tert-OH is 1. The Morgan fingerprint density at radius 3 is 2.81 bits per heavy atom. The Labute approximate surface area is 92.6 Å². The molecule has 2 N–H and O–H groups in total. The van der Waals surface area contributed by atoms with Gasteiger partial charge in [0.2, 0.25) is 0 Å². The van der Waals surface area contributed by atoms with E-state index in [1.165, 1.54) is 6.08 Å². The van der Waals surface area contributed by atoms with Gasteiger partial charge in [0.25, 0.3) is 0 Å². The fourth-order valence-corrected chi connectivity index (χ4v) is 1.62. The van der Waals surface area contributed by atoms with Crippen molar-refractivity contribution in [2.45, 2.75) is 13.2 Å². The molecule has 0 aliphatic carbocycles. The van der Waals surface area contributed by atoms with Gasteiger partial charge in [0.15, 0.2) is 6.29 Å². The number of benzene rings is 1. The quantitative estimate of drug-likeness (QED) is 0.725. The molecule has 1 aromatic heterocycles. The molecule has 0 spiro atoms. The Kier molecular flexibility index (Phi) is 2.72. The molecule has 0 saturated heterocycles. The summed E-state index contributed by atoms with van der Waals surface area (Å²) in [6.07, 6.45) is 1.54. The number of hydrogen-bond donors (Lipinski definition) is 2. The van der Waals surface area contributed by atoms with Crippen molar-refractivity contribution in [2.24, 2.45) is 7.05 Å². The number of aryl methyl sites for hydroxylation is 2. The average Bonchev–Trinajstić information content (AvgIpc) is 2.60. The van der Waals surface area contributed by atoms with Gasteiger partial charge in [-0.1, -0.05) is 17.4 Å². The summed E-state index contributed by atoms with van der Waals surface area (Å²) >= 11 is 0. The fourth-order valence-electron chi connectivity index (χ4n) is 1.62. The summed E-state index contributed by atoms with van der Waals surface area (Å²) in [5, 5.41) is 25.5. The molecule has 84 valence electrons. The van der Waals surface area contributed by atoms with Crippen LogP contribution in [0.1, 0.15) is 11.1 Å². The number of fused-ring (bicyclic) bond motifs is 1. The summed E-state index contributed by atoms with van der Waals surface area (Å²) in [5.41, 5.74) is 3.67. The molecule has 0 atom stereocenters. The first-order valence-electron chi connectivity index (χ1n) is 4.93. The van der Waals surface area contributed by atoms with Crippen LogP contribution in [-0.4, -0.2) is 31.5 Å². The van der Waals surface area contributed by atoms with Gasteiger partial charge in [-0.25, -0.2) is 4.68 Å². The van der Waals surface area contributed by atoms with E-state index in [1.54, 1.807) is 10.8 Å². The van der Waals surface area contributed by atoms with Gasteiger partial charge in [-0.2, -0.15) is 0 Å². The van der Waals surface area contributed by atoms with Crippen molar-refractivity contribution < 1.29 is 10.2 Å². The van der Waals surface area contributed by atoms with Crippen molar-refractivity contribution in [3.8, 4) is 0 Å². The first kappa shape index (κ1) is 10.8. The predicted molar refractivity (Wildman–Crippen MR) is 60.5 cm³/mol. The molecule has 2 rings (SSSR count). The van der Waals surface area contributed by atoms with Crippen LogP contribution in [0.5, 0.6) is 0 Å². The Bertz CT molecular complexity index is 543. The second-order valence-electron chi connectivity index (χ2n) is 3.63. The lowest BCUT2D eigenvalue weighted by atomic mass is 10.1. The molecule has 16 heavy (non-hydrogen) atoms. The van der Waals surface area contributed by atoms with Gasteiger partial charge in [0.1, 0.15) is 5.52 Å². The normalized spacial score (nSPS) is 12.1. The minimum atomic E-state index is -1.43. The lowest BCUT2D eigenvalue weighted by Gasteiger charge is -2.01. The van der Waals surface area contributed by atoms with E-state index in [9.17, 15) is 0 Å². The van der Waals surface area contributed by atoms with Crippen LogP contribution >= 0.6 is 0 Å². The highest BCUT2D eigenvalue weighted by Crippen LogP contribution is 2.20. The topological polar surface area (TPSA) is 71.2 Å². The third-order valence-electron chi connectivity index (χ3n) is 2.53. The third kappa shape index (κ3) is 1.82. The van der Waals surface area contributed by atoms with Crippen molar-refractivity contribution in [1.82, 2.24) is 15.0 Å². The Hall–Kier alpha value is -1.72. The van der Waals surface area contributed by atoms with Gasteiger partial charge < -0.3 is 10.2 Å². The Balaban J connectivity index is 2.53. The maximum absolute atomic E-state index is 8.76. The first-order valence-corrected chi connectivity index (χ1v) is 4.93. The molecule has 0 aliphatic rings. The predicted octanol–water partition coefficient (Wildman–Crippen LogP) is 0.601. The van der Waals surface area contributed by atoms with Crippen LogP contribution < -0.4 is 0 Å². The summed E-state index contributed by atoms with van der Waals surface area (Å²) in [7, 11) is 1.84. The number of rotatable bonds is 2. The molecule has 0 unspecified atom stereocenters. The fraction of sp³-hybridized carbons (Fsp3) is 0.273. The number of aromatic nitrogens is 3. The van der Waals surface area contributed by atoms with Crippen molar-refractivity contribution >= 4 is 17.1 Å². The monoisotopic (exact) mass is 219 g/mol. The smallest absolute Gasteiger partial charge is 0.171 e. The number of nitrogens with zero attached hydrogens (tertiary/aromatic N) is 3. The average molecular weight is 219 g/mol. The summed E-state index contributed by atoms with van der Waals surface area (Å²) in [4.78, 5) is 0. The lowest BCUT2D eigenvalue weighted by Crippen LogP contribution is -1.97. The molecule has 0 aliphatic heterocycles. The van der Waals surface area contributed by atoms with Crippen LogP contribution in [0.3, 0.4) is 0 Å². The molecule has 5 heteroatoms. The Morgan fingerprint density at radius 2 is 2.12 bits per heavy atom. The van der Waals surface area contributed by atoms with Gasteiger partial charge in [0.05, 0.1) is 5.52 Å². The second kappa shape index (κ2) is 4.03. The number of aliphatic hydroxyl groups is 2. The van der Waals surface area contributed by atoms with E-state index in [0.29, 0.717) is 0 Å². The van der Waals surface area contributed by atoms with E-state index in [2.05, 4.69) is 10.3 Å². The van der Waals surface area contributed by atoms with E-state index in [4.69, 9.17) is 10.2 Å². The van der Waals surface area contributed by atoms with Crippen molar-refractivity contribution in [2.75, 3.05) is 0 Å². The molecule has 0 saturated carbocycles. The molecule has 0 amide bonds. The zero-order valence-corrected chi connectivity index (χ0v) is 9.12. The molecule has 0 fully saturated rings. The van der Waals surface area contributed by atoms with E-state index in [0.717, 1.165) is 22.2 Å². The summed E-state index contributed by atoms with van der Waals surface area (Å²) in [5.74, 6) is 0.